The fourth-order valence-electron chi connectivity index (χ4n) is 1.72. The van der Waals surface area contributed by atoms with Gasteiger partial charge >= 0.3 is 0 Å². The molecule has 1 aromatic rings. The number of nitrogens with one attached hydrogen (secondary N) is 1. The SMILES string of the molecule is Fc1ccc(Br)nc1CNC1CCOCC1. The van der Waals surface area contributed by atoms with Crippen LogP contribution in [-0.2, 0) is 11.3 Å². The van der Waals surface area contributed by atoms with Gasteiger partial charge in [0.2, 0.25) is 0 Å². The third-order valence-electron chi connectivity index (χ3n) is 2.66. The fraction of sp³-hybridized carbons (Fsp3) is 0.545. The quantitative estimate of drug-likeness (QED) is 0.867. The molecule has 0 atom stereocenters. The Morgan fingerprint density at radius 3 is 2.94 bits per heavy atom. The van der Waals surface area contributed by atoms with E-state index < -0.39 is 0 Å². The first kappa shape index (κ1) is 12.0. The van der Waals surface area contributed by atoms with Crippen molar-refractivity contribution in [3.63, 3.8) is 0 Å². The van der Waals surface area contributed by atoms with Crippen molar-refractivity contribution in [3.8, 4) is 0 Å². The molecule has 1 aliphatic heterocycles. The van der Waals surface area contributed by atoms with E-state index in [0.29, 0.717) is 22.9 Å². The highest BCUT2D eigenvalue weighted by Crippen LogP contribution is 2.12. The van der Waals surface area contributed by atoms with E-state index in [2.05, 4.69) is 26.2 Å². The molecule has 5 heteroatoms. The van der Waals surface area contributed by atoms with Crippen LogP contribution in [0.1, 0.15) is 18.5 Å². The highest BCUT2D eigenvalue weighted by molar-refractivity contribution is 9.10. The lowest BCUT2D eigenvalue weighted by Crippen LogP contribution is -2.34. The highest BCUT2D eigenvalue weighted by atomic mass is 79.9. The predicted octanol–water partition coefficient (Wildman–Crippen LogP) is 2.25. The maximum Gasteiger partial charge on any atom is 0.146 e. The fourth-order valence-corrected chi connectivity index (χ4v) is 2.07. The molecule has 0 unspecified atom stereocenters. The van der Waals surface area contributed by atoms with Crippen LogP contribution in [0.5, 0.6) is 0 Å². The molecule has 3 nitrogen and oxygen atoms in total. The Morgan fingerprint density at radius 1 is 1.44 bits per heavy atom. The minimum atomic E-state index is -0.261. The van der Waals surface area contributed by atoms with Gasteiger partial charge in [-0.3, -0.25) is 0 Å². The average molecular weight is 289 g/mol. The summed E-state index contributed by atoms with van der Waals surface area (Å²) < 4.78 is 19.3. The molecule has 0 saturated carbocycles. The molecular formula is C11H14BrFN2O. The number of ether oxygens (including phenoxy) is 1. The van der Waals surface area contributed by atoms with Crippen LogP contribution in [0.4, 0.5) is 4.39 Å². The monoisotopic (exact) mass is 288 g/mol. The van der Waals surface area contributed by atoms with E-state index in [0.717, 1.165) is 26.1 Å². The zero-order valence-electron chi connectivity index (χ0n) is 8.88. The van der Waals surface area contributed by atoms with E-state index in [4.69, 9.17) is 4.74 Å². The van der Waals surface area contributed by atoms with Gasteiger partial charge in [-0.25, -0.2) is 9.37 Å². The molecule has 0 radical (unpaired) electrons. The molecule has 1 N–H and O–H groups in total. The Morgan fingerprint density at radius 2 is 2.19 bits per heavy atom. The zero-order chi connectivity index (χ0) is 11.4. The lowest BCUT2D eigenvalue weighted by molar-refractivity contribution is 0.0774. The van der Waals surface area contributed by atoms with Gasteiger partial charge in [-0.1, -0.05) is 0 Å². The van der Waals surface area contributed by atoms with Crippen molar-refractivity contribution in [2.75, 3.05) is 13.2 Å². The summed E-state index contributed by atoms with van der Waals surface area (Å²) in [5.41, 5.74) is 0.459. The maximum absolute atomic E-state index is 13.4. The summed E-state index contributed by atoms with van der Waals surface area (Å²) in [5, 5.41) is 3.30. The number of aromatic nitrogens is 1. The van der Waals surface area contributed by atoms with Crippen molar-refractivity contribution >= 4 is 15.9 Å². The van der Waals surface area contributed by atoms with Crippen LogP contribution in [0, 0.1) is 5.82 Å². The normalized spacial score (nSPS) is 17.6. The second kappa shape index (κ2) is 5.70. The van der Waals surface area contributed by atoms with Gasteiger partial charge in [0.05, 0.1) is 5.69 Å². The standard InChI is InChI=1S/C11H14BrFN2O/c12-11-2-1-9(13)10(15-11)7-14-8-3-5-16-6-4-8/h1-2,8,14H,3-7H2. The molecule has 88 valence electrons. The third kappa shape index (κ3) is 3.23. The van der Waals surface area contributed by atoms with E-state index in [9.17, 15) is 4.39 Å². The molecule has 1 aliphatic rings. The molecule has 0 amide bonds. The Bertz CT molecular complexity index is 356. The Balaban J connectivity index is 1.90. The number of pyridine rings is 1. The molecule has 1 saturated heterocycles. The van der Waals surface area contributed by atoms with Crippen molar-refractivity contribution in [2.45, 2.75) is 25.4 Å². The summed E-state index contributed by atoms with van der Waals surface area (Å²) >= 11 is 3.24. The summed E-state index contributed by atoms with van der Waals surface area (Å²) in [6, 6.07) is 3.44. The van der Waals surface area contributed by atoms with Gasteiger partial charge in [-0.15, -0.1) is 0 Å². The molecule has 1 fully saturated rings. The van der Waals surface area contributed by atoms with Gasteiger partial charge in [0.15, 0.2) is 0 Å². The van der Waals surface area contributed by atoms with Crippen molar-refractivity contribution in [1.82, 2.24) is 10.3 Å². The van der Waals surface area contributed by atoms with Crippen LogP contribution >= 0.6 is 15.9 Å². The second-order valence-electron chi connectivity index (χ2n) is 3.83. The number of hydrogen-bond acceptors (Lipinski definition) is 3. The molecule has 2 heterocycles. The molecule has 16 heavy (non-hydrogen) atoms. The molecule has 0 bridgehead atoms. The summed E-state index contributed by atoms with van der Waals surface area (Å²) in [5.74, 6) is -0.261. The van der Waals surface area contributed by atoms with Gasteiger partial charge in [0, 0.05) is 25.8 Å². The molecule has 0 aromatic carbocycles. The number of hydrogen-bond donors (Lipinski definition) is 1. The molecule has 1 aromatic heterocycles. The van der Waals surface area contributed by atoms with Gasteiger partial charge in [0.1, 0.15) is 10.4 Å². The van der Waals surface area contributed by atoms with Crippen LogP contribution in [0.2, 0.25) is 0 Å². The smallest absolute Gasteiger partial charge is 0.146 e. The van der Waals surface area contributed by atoms with E-state index in [1.54, 1.807) is 6.07 Å². The van der Waals surface area contributed by atoms with Gasteiger partial charge in [-0.2, -0.15) is 0 Å². The van der Waals surface area contributed by atoms with Crippen LogP contribution in [-0.4, -0.2) is 24.2 Å². The molecule has 0 aliphatic carbocycles. The van der Waals surface area contributed by atoms with E-state index in [1.807, 2.05) is 0 Å². The first-order valence-corrected chi connectivity index (χ1v) is 6.17. The van der Waals surface area contributed by atoms with Crippen molar-refractivity contribution in [2.24, 2.45) is 0 Å². The summed E-state index contributed by atoms with van der Waals surface area (Å²) in [4.78, 5) is 4.11. The summed E-state index contributed by atoms with van der Waals surface area (Å²) in [6.45, 7) is 2.04. The predicted molar refractivity (Wildman–Crippen MR) is 62.6 cm³/mol. The highest BCUT2D eigenvalue weighted by Gasteiger charge is 2.14. The van der Waals surface area contributed by atoms with E-state index in [1.165, 1.54) is 6.07 Å². The van der Waals surface area contributed by atoms with Gasteiger partial charge < -0.3 is 10.1 Å². The minimum Gasteiger partial charge on any atom is -0.381 e. The number of halogens is 2. The zero-order valence-corrected chi connectivity index (χ0v) is 10.5. The second-order valence-corrected chi connectivity index (χ2v) is 4.64. The maximum atomic E-state index is 13.4. The van der Waals surface area contributed by atoms with E-state index in [-0.39, 0.29) is 5.82 Å². The Hall–Kier alpha value is -0.520. The molecule has 2 rings (SSSR count). The lowest BCUT2D eigenvalue weighted by atomic mass is 10.1. The first-order chi connectivity index (χ1) is 7.75. The lowest BCUT2D eigenvalue weighted by Gasteiger charge is -2.23. The third-order valence-corrected chi connectivity index (χ3v) is 3.11. The van der Waals surface area contributed by atoms with Crippen LogP contribution in [0.3, 0.4) is 0 Å². The summed E-state index contributed by atoms with van der Waals surface area (Å²) in [7, 11) is 0. The van der Waals surface area contributed by atoms with E-state index >= 15 is 0 Å². The number of rotatable bonds is 3. The number of nitrogens with zero attached hydrogens (tertiary/aromatic N) is 1. The first-order valence-electron chi connectivity index (χ1n) is 5.38. The topological polar surface area (TPSA) is 34.2 Å². The average Bonchev–Trinajstić information content (AvgIpc) is 2.32. The molecule has 0 spiro atoms. The minimum absolute atomic E-state index is 0.261. The Labute approximate surface area is 103 Å². The van der Waals surface area contributed by atoms with Crippen LogP contribution in [0.15, 0.2) is 16.7 Å². The Kier molecular flexibility index (Phi) is 4.26. The summed E-state index contributed by atoms with van der Waals surface area (Å²) in [6.07, 6.45) is 1.96. The van der Waals surface area contributed by atoms with Crippen molar-refractivity contribution in [1.29, 1.82) is 0 Å². The van der Waals surface area contributed by atoms with Crippen LogP contribution < -0.4 is 5.32 Å². The largest absolute Gasteiger partial charge is 0.381 e. The van der Waals surface area contributed by atoms with Crippen LogP contribution in [0.25, 0.3) is 0 Å². The van der Waals surface area contributed by atoms with Crippen molar-refractivity contribution in [3.05, 3.63) is 28.2 Å². The van der Waals surface area contributed by atoms with Gasteiger partial charge in [-0.05, 0) is 40.9 Å². The molecular weight excluding hydrogens is 275 g/mol. The van der Waals surface area contributed by atoms with Crippen molar-refractivity contribution < 1.29 is 9.13 Å². The van der Waals surface area contributed by atoms with Gasteiger partial charge in [0.25, 0.3) is 0 Å².